The molecule has 2 rings (SSSR count). The number of halogens is 2. The smallest absolute Gasteiger partial charge is 0.260 e. The number of carbonyl (C=O) groups excluding carboxylic acids is 2. The SMILES string of the molecule is NC(=O)CCN(Cc1ccccc1)C(=O)COc1ccc(Cl)c(Cl)c1. The van der Waals surface area contributed by atoms with E-state index in [4.69, 9.17) is 33.7 Å². The average Bonchev–Trinajstić information content (AvgIpc) is 2.60. The Bertz CT molecular complexity index is 738. The van der Waals surface area contributed by atoms with Crippen molar-refractivity contribution in [2.24, 2.45) is 5.73 Å². The Balaban J connectivity index is 2.00. The summed E-state index contributed by atoms with van der Waals surface area (Å²) < 4.78 is 5.48. The number of primary amides is 1. The second-order valence-corrected chi connectivity index (χ2v) is 6.20. The normalized spacial score (nSPS) is 10.3. The first-order valence-electron chi connectivity index (χ1n) is 7.63. The van der Waals surface area contributed by atoms with Gasteiger partial charge in [-0.3, -0.25) is 9.59 Å². The van der Waals surface area contributed by atoms with E-state index in [1.165, 1.54) is 4.90 Å². The van der Waals surface area contributed by atoms with Gasteiger partial charge in [-0.05, 0) is 17.7 Å². The van der Waals surface area contributed by atoms with Gasteiger partial charge in [0, 0.05) is 25.6 Å². The van der Waals surface area contributed by atoms with E-state index < -0.39 is 5.91 Å². The van der Waals surface area contributed by atoms with Crippen LogP contribution < -0.4 is 10.5 Å². The number of rotatable bonds is 8. The molecule has 0 aromatic heterocycles. The van der Waals surface area contributed by atoms with E-state index >= 15 is 0 Å². The zero-order chi connectivity index (χ0) is 18.2. The molecule has 0 bridgehead atoms. The third-order valence-electron chi connectivity index (χ3n) is 3.45. The highest BCUT2D eigenvalue weighted by Crippen LogP contribution is 2.26. The van der Waals surface area contributed by atoms with Crippen LogP contribution in [0.3, 0.4) is 0 Å². The number of benzene rings is 2. The molecule has 0 heterocycles. The molecule has 0 saturated carbocycles. The van der Waals surface area contributed by atoms with Crippen molar-refractivity contribution >= 4 is 35.0 Å². The second kappa shape index (κ2) is 9.30. The van der Waals surface area contributed by atoms with E-state index in [-0.39, 0.29) is 25.5 Å². The molecule has 0 radical (unpaired) electrons. The van der Waals surface area contributed by atoms with Crippen molar-refractivity contribution in [2.75, 3.05) is 13.2 Å². The van der Waals surface area contributed by atoms with Crippen molar-refractivity contribution in [3.05, 3.63) is 64.1 Å². The molecule has 2 amide bonds. The predicted octanol–water partition coefficient (Wildman–Crippen LogP) is 3.28. The summed E-state index contributed by atoms with van der Waals surface area (Å²) in [7, 11) is 0. The summed E-state index contributed by atoms with van der Waals surface area (Å²) in [6, 6.07) is 14.3. The van der Waals surface area contributed by atoms with Crippen molar-refractivity contribution in [1.29, 1.82) is 0 Å². The third kappa shape index (κ3) is 6.29. The molecule has 2 N–H and O–H groups in total. The molecular weight excluding hydrogens is 363 g/mol. The van der Waals surface area contributed by atoms with Crippen molar-refractivity contribution in [2.45, 2.75) is 13.0 Å². The maximum absolute atomic E-state index is 12.5. The standard InChI is InChI=1S/C18H18Cl2N2O3/c19-15-7-6-14(10-16(15)20)25-12-18(24)22(9-8-17(21)23)11-13-4-2-1-3-5-13/h1-7,10H,8-9,11-12H2,(H2,21,23). The van der Waals surface area contributed by atoms with Crippen LogP contribution in [0, 0.1) is 0 Å². The summed E-state index contributed by atoms with van der Waals surface area (Å²) in [5, 5.41) is 0.758. The summed E-state index contributed by atoms with van der Waals surface area (Å²) in [5.74, 6) is -0.273. The van der Waals surface area contributed by atoms with E-state index in [0.717, 1.165) is 5.56 Å². The molecule has 0 aliphatic rings. The lowest BCUT2D eigenvalue weighted by Crippen LogP contribution is -2.36. The second-order valence-electron chi connectivity index (χ2n) is 5.38. The third-order valence-corrected chi connectivity index (χ3v) is 4.19. The number of carbonyl (C=O) groups is 2. The van der Waals surface area contributed by atoms with Gasteiger partial charge in [0.2, 0.25) is 5.91 Å². The van der Waals surface area contributed by atoms with Crippen LogP contribution in [-0.2, 0) is 16.1 Å². The van der Waals surface area contributed by atoms with Crippen molar-refractivity contribution in [3.8, 4) is 5.75 Å². The molecule has 0 fully saturated rings. The largest absolute Gasteiger partial charge is 0.484 e. The monoisotopic (exact) mass is 380 g/mol. The zero-order valence-electron chi connectivity index (χ0n) is 13.5. The highest BCUT2D eigenvalue weighted by molar-refractivity contribution is 6.42. The molecule has 132 valence electrons. The molecule has 2 aromatic carbocycles. The fraction of sp³-hybridized carbons (Fsp3) is 0.222. The minimum absolute atomic E-state index is 0.0886. The van der Waals surface area contributed by atoms with E-state index in [1.54, 1.807) is 18.2 Å². The Morgan fingerprint density at radius 2 is 1.76 bits per heavy atom. The molecule has 5 nitrogen and oxygen atoms in total. The highest BCUT2D eigenvalue weighted by atomic mass is 35.5. The van der Waals surface area contributed by atoms with Crippen LogP contribution in [0.2, 0.25) is 10.0 Å². The molecule has 0 spiro atoms. The Hall–Kier alpha value is -2.24. The van der Waals surface area contributed by atoms with Crippen LogP contribution in [0.15, 0.2) is 48.5 Å². The van der Waals surface area contributed by atoms with Gasteiger partial charge in [-0.2, -0.15) is 0 Å². The Kier molecular flexibility index (Phi) is 7.10. The first-order valence-corrected chi connectivity index (χ1v) is 8.39. The van der Waals surface area contributed by atoms with Gasteiger partial charge >= 0.3 is 0 Å². The highest BCUT2D eigenvalue weighted by Gasteiger charge is 2.16. The zero-order valence-corrected chi connectivity index (χ0v) is 15.0. The van der Waals surface area contributed by atoms with Crippen molar-refractivity contribution in [1.82, 2.24) is 4.90 Å². The van der Waals surface area contributed by atoms with E-state index in [9.17, 15) is 9.59 Å². The summed E-state index contributed by atoms with van der Waals surface area (Å²) >= 11 is 11.8. The summed E-state index contributed by atoms with van der Waals surface area (Å²) in [4.78, 5) is 25.1. The summed E-state index contributed by atoms with van der Waals surface area (Å²) in [6.07, 6.45) is 0.0886. The molecule has 0 unspecified atom stereocenters. The Morgan fingerprint density at radius 1 is 1.04 bits per heavy atom. The summed E-state index contributed by atoms with van der Waals surface area (Å²) in [5.41, 5.74) is 6.15. The fourth-order valence-corrected chi connectivity index (χ4v) is 2.43. The molecule has 7 heteroatoms. The average molecular weight is 381 g/mol. The maximum atomic E-state index is 12.5. The van der Waals surface area contributed by atoms with E-state index in [2.05, 4.69) is 0 Å². The molecular formula is C18H18Cl2N2O3. The van der Waals surface area contributed by atoms with Gasteiger partial charge in [0.25, 0.3) is 5.91 Å². The lowest BCUT2D eigenvalue weighted by molar-refractivity contribution is -0.134. The van der Waals surface area contributed by atoms with Crippen molar-refractivity contribution in [3.63, 3.8) is 0 Å². The van der Waals surface area contributed by atoms with Gasteiger partial charge in [0.05, 0.1) is 10.0 Å². The Labute approximate surface area is 156 Å². The minimum Gasteiger partial charge on any atom is -0.484 e. The predicted molar refractivity (Wildman–Crippen MR) is 97.6 cm³/mol. The van der Waals surface area contributed by atoms with E-state index in [0.29, 0.717) is 22.3 Å². The first-order chi connectivity index (χ1) is 12.0. The molecule has 0 aliphatic heterocycles. The molecule has 25 heavy (non-hydrogen) atoms. The van der Waals surface area contributed by atoms with Gasteiger partial charge in [0.15, 0.2) is 6.61 Å². The number of nitrogens with two attached hydrogens (primary N) is 1. The summed E-state index contributed by atoms with van der Waals surface area (Å²) in [6.45, 7) is 0.426. The van der Waals surface area contributed by atoms with Crippen LogP contribution in [0.1, 0.15) is 12.0 Å². The van der Waals surface area contributed by atoms with Crippen LogP contribution in [0.4, 0.5) is 0 Å². The maximum Gasteiger partial charge on any atom is 0.260 e. The first kappa shape index (κ1) is 19.1. The lowest BCUT2D eigenvalue weighted by Gasteiger charge is -2.22. The number of hydrogen-bond acceptors (Lipinski definition) is 3. The fourth-order valence-electron chi connectivity index (χ4n) is 2.14. The number of ether oxygens (including phenoxy) is 1. The minimum atomic E-state index is -0.462. The number of nitrogens with zero attached hydrogens (tertiary/aromatic N) is 1. The molecule has 2 aromatic rings. The van der Waals surface area contributed by atoms with Crippen LogP contribution >= 0.6 is 23.2 Å². The number of amides is 2. The number of hydrogen-bond donors (Lipinski definition) is 1. The van der Waals surface area contributed by atoms with Crippen LogP contribution in [0.5, 0.6) is 5.75 Å². The van der Waals surface area contributed by atoms with Gasteiger partial charge in [0.1, 0.15) is 5.75 Å². The van der Waals surface area contributed by atoms with E-state index in [1.807, 2.05) is 30.3 Å². The van der Waals surface area contributed by atoms with Crippen LogP contribution in [-0.4, -0.2) is 29.9 Å². The topological polar surface area (TPSA) is 72.6 Å². The molecule has 0 saturated heterocycles. The van der Waals surface area contributed by atoms with Gasteiger partial charge in [-0.15, -0.1) is 0 Å². The van der Waals surface area contributed by atoms with Crippen molar-refractivity contribution < 1.29 is 14.3 Å². The van der Waals surface area contributed by atoms with Gasteiger partial charge < -0.3 is 15.4 Å². The van der Waals surface area contributed by atoms with Gasteiger partial charge in [-0.25, -0.2) is 0 Å². The van der Waals surface area contributed by atoms with Gasteiger partial charge in [-0.1, -0.05) is 53.5 Å². The molecule has 0 aliphatic carbocycles. The quantitative estimate of drug-likeness (QED) is 0.763. The lowest BCUT2D eigenvalue weighted by atomic mass is 10.2. The van der Waals surface area contributed by atoms with Crippen LogP contribution in [0.25, 0.3) is 0 Å². The molecule has 0 atom stereocenters. The Morgan fingerprint density at radius 3 is 2.40 bits per heavy atom.